The van der Waals surface area contributed by atoms with Crippen molar-refractivity contribution >= 4 is 16.9 Å². The maximum absolute atomic E-state index is 6.10. The molecule has 6 heteroatoms. The predicted molar refractivity (Wildman–Crippen MR) is 83.1 cm³/mol. The van der Waals surface area contributed by atoms with Crippen molar-refractivity contribution in [3.8, 4) is 0 Å². The van der Waals surface area contributed by atoms with E-state index < -0.39 is 0 Å². The SMILES string of the molecule is Cc1nc(N)c2c(C)c(C)n(C(C)Cn3ccnc3)c2n1. The Bertz CT molecular complexity index is 784. The zero-order valence-corrected chi connectivity index (χ0v) is 12.8. The third-order valence-corrected chi connectivity index (χ3v) is 4.01. The third kappa shape index (κ3) is 2.16. The molecule has 0 aliphatic carbocycles. The number of nitrogens with two attached hydrogens (primary N) is 1. The number of nitrogen functional groups attached to an aromatic ring is 1. The lowest BCUT2D eigenvalue weighted by Gasteiger charge is -2.17. The van der Waals surface area contributed by atoms with Crippen LogP contribution in [-0.2, 0) is 6.54 Å². The van der Waals surface area contributed by atoms with Crippen LogP contribution in [0.25, 0.3) is 11.0 Å². The van der Waals surface area contributed by atoms with Crippen LogP contribution in [0.1, 0.15) is 30.0 Å². The Balaban J connectivity index is 2.15. The summed E-state index contributed by atoms with van der Waals surface area (Å²) in [5.74, 6) is 1.26. The molecule has 1 atom stereocenters. The molecule has 0 saturated carbocycles. The first-order valence-corrected chi connectivity index (χ1v) is 7.06. The molecule has 1 unspecified atom stereocenters. The second-order valence-corrected chi connectivity index (χ2v) is 5.54. The van der Waals surface area contributed by atoms with Crippen LogP contribution in [0.4, 0.5) is 5.82 Å². The number of fused-ring (bicyclic) bond motifs is 1. The second-order valence-electron chi connectivity index (χ2n) is 5.54. The molecular formula is C15H20N6. The fraction of sp³-hybridized carbons (Fsp3) is 0.400. The van der Waals surface area contributed by atoms with Crippen LogP contribution in [-0.4, -0.2) is 24.1 Å². The Kier molecular flexibility index (Phi) is 3.16. The lowest BCUT2D eigenvalue weighted by Crippen LogP contribution is -2.14. The molecule has 0 radical (unpaired) electrons. The van der Waals surface area contributed by atoms with Gasteiger partial charge in [0.2, 0.25) is 0 Å². The van der Waals surface area contributed by atoms with E-state index in [0.29, 0.717) is 11.6 Å². The monoisotopic (exact) mass is 284 g/mol. The summed E-state index contributed by atoms with van der Waals surface area (Å²) in [6.45, 7) is 9.08. The molecule has 0 bridgehead atoms. The molecule has 2 N–H and O–H groups in total. The number of nitrogens with zero attached hydrogens (tertiary/aromatic N) is 5. The normalized spacial score (nSPS) is 13.0. The summed E-state index contributed by atoms with van der Waals surface area (Å²) in [6.07, 6.45) is 5.60. The van der Waals surface area contributed by atoms with Gasteiger partial charge in [0.05, 0.1) is 17.8 Å². The van der Waals surface area contributed by atoms with E-state index in [4.69, 9.17) is 5.73 Å². The first-order chi connectivity index (χ1) is 9.99. The second kappa shape index (κ2) is 4.87. The topological polar surface area (TPSA) is 74.5 Å². The van der Waals surface area contributed by atoms with Crippen LogP contribution in [0.2, 0.25) is 0 Å². The Hall–Kier alpha value is -2.37. The maximum Gasteiger partial charge on any atom is 0.146 e. The number of aryl methyl sites for hydroxylation is 2. The quantitative estimate of drug-likeness (QED) is 0.801. The van der Waals surface area contributed by atoms with E-state index in [0.717, 1.165) is 23.1 Å². The fourth-order valence-corrected chi connectivity index (χ4v) is 2.95. The van der Waals surface area contributed by atoms with Gasteiger partial charge in [-0.1, -0.05) is 0 Å². The Morgan fingerprint density at radius 1 is 1.24 bits per heavy atom. The molecule has 0 aliphatic heterocycles. The highest BCUT2D eigenvalue weighted by atomic mass is 15.1. The standard InChI is InChI=1S/C15H20N6/c1-9(7-20-6-5-17-8-20)21-11(3)10(2)13-14(16)18-12(4)19-15(13)21/h5-6,8-9H,7H2,1-4H3,(H2,16,18,19). The first-order valence-electron chi connectivity index (χ1n) is 7.06. The molecule has 0 fully saturated rings. The first kappa shape index (κ1) is 13.6. The van der Waals surface area contributed by atoms with E-state index in [-0.39, 0.29) is 6.04 Å². The average molecular weight is 284 g/mol. The Labute approximate surface area is 123 Å². The van der Waals surface area contributed by atoms with Gasteiger partial charge in [-0.15, -0.1) is 0 Å². The minimum atomic E-state index is 0.254. The van der Waals surface area contributed by atoms with Crippen LogP contribution in [0, 0.1) is 20.8 Å². The Morgan fingerprint density at radius 3 is 2.67 bits per heavy atom. The van der Waals surface area contributed by atoms with Crippen LogP contribution in [0.15, 0.2) is 18.7 Å². The molecule has 6 nitrogen and oxygen atoms in total. The van der Waals surface area contributed by atoms with E-state index in [1.54, 1.807) is 6.20 Å². The molecule has 0 amide bonds. The van der Waals surface area contributed by atoms with Crippen molar-refractivity contribution in [1.82, 2.24) is 24.1 Å². The van der Waals surface area contributed by atoms with Crippen molar-refractivity contribution < 1.29 is 0 Å². The summed E-state index contributed by atoms with van der Waals surface area (Å²) in [5.41, 5.74) is 9.35. The van der Waals surface area contributed by atoms with Crippen LogP contribution in [0.5, 0.6) is 0 Å². The smallest absolute Gasteiger partial charge is 0.146 e. The van der Waals surface area contributed by atoms with Gasteiger partial charge in [-0.3, -0.25) is 0 Å². The van der Waals surface area contributed by atoms with Gasteiger partial charge in [0.1, 0.15) is 17.3 Å². The minimum Gasteiger partial charge on any atom is -0.383 e. The average Bonchev–Trinajstić information content (AvgIpc) is 2.97. The lowest BCUT2D eigenvalue weighted by molar-refractivity contribution is 0.466. The fourth-order valence-electron chi connectivity index (χ4n) is 2.95. The molecular weight excluding hydrogens is 264 g/mol. The molecule has 0 aromatic carbocycles. The predicted octanol–water partition coefficient (Wildman–Crippen LogP) is 2.40. The molecule has 3 aromatic rings. The number of hydrogen-bond acceptors (Lipinski definition) is 4. The molecule has 0 aliphatic rings. The van der Waals surface area contributed by atoms with E-state index in [9.17, 15) is 0 Å². The van der Waals surface area contributed by atoms with Crippen molar-refractivity contribution in [2.24, 2.45) is 0 Å². The van der Waals surface area contributed by atoms with Gasteiger partial charge in [-0.2, -0.15) is 0 Å². The van der Waals surface area contributed by atoms with E-state index in [2.05, 4.69) is 44.9 Å². The van der Waals surface area contributed by atoms with Crippen molar-refractivity contribution in [3.05, 3.63) is 35.8 Å². The highest BCUT2D eigenvalue weighted by Gasteiger charge is 2.19. The third-order valence-electron chi connectivity index (χ3n) is 4.01. The van der Waals surface area contributed by atoms with Crippen molar-refractivity contribution in [1.29, 1.82) is 0 Å². The van der Waals surface area contributed by atoms with Gasteiger partial charge in [-0.05, 0) is 33.3 Å². The molecule has 21 heavy (non-hydrogen) atoms. The van der Waals surface area contributed by atoms with Crippen LogP contribution in [0.3, 0.4) is 0 Å². The summed E-state index contributed by atoms with van der Waals surface area (Å²) < 4.78 is 4.32. The molecule has 0 saturated heterocycles. The molecule has 110 valence electrons. The van der Waals surface area contributed by atoms with Crippen molar-refractivity contribution in [3.63, 3.8) is 0 Å². The number of anilines is 1. The molecule has 3 rings (SSSR count). The van der Waals surface area contributed by atoms with Gasteiger partial charge in [0.25, 0.3) is 0 Å². The number of imidazole rings is 1. The van der Waals surface area contributed by atoms with Crippen LogP contribution < -0.4 is 5.73 Å². The lowest BCUT2D eigenvalue weighted by atomic mass is 10.2. The van der Waals surface area contributed by atoms with E-state index in [1.807, 2.05) is 19.4 Å². The number of aromatic nitrogens is 5. The number of rotatable bonds is 3. The minimum absolute atomic E-state index is 0.254. The zero-order valence-electron chi connectivity index (χ0n) is 12.8. The summed E-state index contributed by atoms with van der Waals surface area (Å²) in [6, 6.07) is 0.254. The van der Waals surface area contributed by atoms with E-state index >= 15 is 0 Å². The highest BCUT2D eigenvalue weighted by Crippen LogP contribution is 2.30. The van der Waals surface area contributed by atoms with Crippen molar-refractivity contribution in [2.45, 2.75) is 40.3 Å². The highest BCUT2D eigenvalue weighted by molar-refractivity contribution is 5.91. The molecule has 0 spiro atoms. The largest absolute Gasteiger partial charge is 0.383 e. The molecule has 3 aromatic heterocycles. The maximum atomic E-state index is 6.10. The number of hydrogen-bond donors (Lipinski definition) is 1. The summed E-state index contributed by atoms with van der Waals surface area (Å²) >= 11 is 0. The summed E-state index contributed by atoms with van der Waals surface area (Å²) in [4.78, 5) is 13.0. The molecule has 3 heterocycles. The summed E-state index contributed by atoms with van der Waals surface area (Å²) in [7, 11) is 0. The van der Waals surface area contributed by atoms with Gasteiger partial charge in [0.15, 0.2) is 0 Å². The van der Waals surface area contributed by atoms with Crippen molar-refractivity contribution in [2.75, 3.05) is 5.73 Å². The van der Waals surface area contributed by atoms with Gasteiger partial charge < -0.3 is 14.9 Å². The van der Waals surface area contributed by atoms with Gasteiger partial charge in [0, 0.05) is 24.6 Å². The van der Waals surface area contributed by atoms with Gasteiger partial charge in [-0.25, -0.2) is 15.0 Å². The van der Waals surface area contributed by atoms with E-state index in [1.165, 1.54) is 5.69 Å². The zero-order chi connectivity index (χ0) is 15.1. The summed E-state index contributed by atoms with van der Waals surface area (Å²) in [5, 5.41) is 0.968. The van der Waals surface area contributed by atoms with Gasteiger partial charge >= 0.3 is 0 Å². The Morgan fingerprint density at radius 2 is 2.00 bits per heavy atom. The van der Waals surface area contributed by atoms with Crippen LogP contribution >= 0.6 is 0 Å².